The second-order valence-electron chi connectivity index (χ2n) is 5.40. The minimum atomic E-state index is -0.429. The lowest BCUT2D eigenvalue weighted by Gasteiger charge is -2.37. The van der Waals surface area contributed by atoms with Gasteiger partial charge >= 0.3 is 0 Å². The standard InChI is InChI=1S/C12H26N2O2/c1-10-8-16-11(2)7-14(10)6-4-5-12(3,13)9-15/h10-11,15H,4-9,13H2,1-3H3. The van der Waals surface area contributed by atoms with Crippen molar-refractivity contribution in [3.05, 3.63) is 0 Å². The first kappa shape index (κ1) is 13.9. The average Bonchev–Trinajstić information content (AvgIpc) is 2.23. The van der Waals surface area contributed by atoms with E-state index in [9.17, 15) is 0 Å². The summed E-state index contributed by atoms with van der Waals surface area (Å²) in [6.07, 6.45) is 2.23. The Labute approximate surface area is 98.8 Å². The molecule has 0 aromatic carbocycles. The van der Waals surface area contributed by atoms with E-state index in [0.717, 1.165) is 32.5 Å². The summed E-state index contributed by atoms with van der Waals surface area (Å²) >= 11 is 0. The molecular formula is C12H26N2O2. The van der Waals surface area contributed by atoms with Crippen molar-refractivity contribution in [2.24, 2.45) is 5.73 Å². The maximum Gasteiger partial charge on any atom is 0.0674 e. The number of ether oxygens (including phenoxy) is 1. The van der Waals surface area contributed by atoms with E-state index in [1.807, 2.05) is 6.92 Å². The van der Waals surface area contributed by atoms with Crippen molar-refractivity contribution in [1.29, 1.82) is 0 Å². The zero-order chi connectivity index (χ0) is 12.2. The molecule has 0 amide bonds. The fraction of sp³-hybridized carbons (Fsp3) is 1.00. The Hall–Kier alpha value is -0.160. The molecule has 1 rings (SSSR count). The van der Waals surface area contributed by atoms with Crippen molar-refractivity contribution in [3.63, 3.8) is 0 Å². The number of hydrogen-bond donors (Lipinski definition) is 2. The van der Waals surface area contributed by atoms with Crippen LogP contribution in [0.3, 0.4) is 0 Å². The minimum absolute atomic E-state index is 0.0576. The van der Waals surface area contributed by atoms with Gasteiger partial charge in [0.25, 0.3) is 0 Å². The van der Waals surface area contributed by atoms with Crippen LogP contribution in [-0.4, -0.2) is 54.0 Å². The number of aliphatic hydroxyl groups excluding tert-OH is 1. The summed E-state index contributed by atoms with van der Waals surface area (Å²) in [7, 11) is 0. The van der Waals surface area contributed by atoms with Crippen LogP contribution in [-0.2, 0) is 4.74 Å². The van der Waals surface area contributed by atoms with Crippen LogP contribution in [0.25, 0.3) is 0 Å². The number of nitrogens with two attached hydrogens (primary N) is 1. The van der Waals surface area contributed by atoms with Crippen LogP contribution in [0.4, 0.5) is 0 Å². The van der Waals surface area contributed by atoms with Gasteiger partial charge in [-0.3, -0.25) is 4.90 Å². The quantitative estimate of drug-likeness (QED) is 0.725. The maximum absolute atomic E-state index is 9.07. The largest absolute Gasteiger partial charge is 0.394 e. The first-order chi connectivity index (χ1) is 7.44. The van der Waals surface area contributed by atoms with Crippen LogP contribution in [0.1, 0.15) is 33.6 Å². The van der Waals surface area contributed by atoms with Crippen molar-refractivity contribution >= 4 is 0 Å². The van der Waals surface area contributed by atoms with E-state index >= 15 is 0 Å². The molecule has 4 nitrogen and oxygen atoms in total. The number of nitrogens with zero attached hydrogens (tertiary/aromatic N) is 1. The molecule has 4 heteroatoms. The smallest absolute Gasteiger partial charge is 0.0674 e. The summed E-state index contributed by atoms with van der Waals surface area (Å²) in [4.78, 5) is 2.45. The van der Waals surface area contributed by atoms with Crippen molar-refractivity contribution in [3.8, 4) is 0 Å². The Morgan fingerprint density at radius 2 is 2.19 bits per heavy atom. The summed E-state index contributed by atoms with van der Waals surface area (Å²) in [6.45, 7) is 9.13. The molecule has 0 spiro atoms. The highest BCUT2D eigenvalue weighted by Crippen LogP contribution is 2.14. The van der Waals surface area contributed by atoms with Gasteiger partial charge in [0.2, 0.25) is 0 Å². The van der Waals surface area contributed by atoms with Crippen molar-refractivity contribution in [2.75, 3.05) is 26.3 Å². The van der Waals surface area contributed by atoms with E-state index < -0.39 is 5.54 Å². The van der Waals surface area contributed by atoms with Crippen LogP contribution < -0.4 is 5.73 Å². The minimum Gasteiger partial charge on any atom is -0.394 e. The Morgan fingerprint density at radius 3 is 2.81 bits per heavy atom. The topological polar surface area (TPSA) is 58.7 Å². The predicted molar refractivity (Wildman–Crippen MR) is 65.4 cm³/mol. The second-order valence-corrected chi connectivity index (χ2v) is 5.40. The molecule has 1 heterocycles. The van der Waals surface area contributed by atoms with E-state index in [2.05, 4.69) is 18.7 Å². The van der Waals surface area contributed by atoms with E-state index in [4.69, 9.17) is 15.6 Å². The molecule has 16 heavy (non-hydrogen) atoms. The first-order valence-corrected chi connectivity index (χ1v) is 6.20. The second kappa shape index (κ2) is 5.96. The van der Waals surface area contributed by atoms with Crippen LogP contribution in [0, 0.1) is 0 Å². The van der Waals surface area contributed by atoms with E-state index in [-0.39, 0.29) is 6.61 Å². The predicted octanol–water partition coefficient (Wildman–Crippen LogP) is 0.586. The lowest BCUT2D eigenvalue weighted by Crippen LogP contribution is -2.48. The highest BCUT2D eigenvalue weighted by molar-refractivity contribution is 4.80. The molecule has 0 saturated carbocycles. The number of morpholine rings is 1. The molecule has 1 aliphatic heterocycles. The Balaban J connectivity index is 2.26. The molecule has 1 aliphatic rings. The molecule has 0 aliphatic carbocycles. The van der Waals surface area contributed by atoms with Gasteiger partial charge in [0.1, 0.15) is 0 Å². The zero-order valence-corrected chi connectivity index (χ0v) is 10.8. The maximum atomic E-state index is 9.07. The van der Waals surface area contributed by atoms with Gasteiger partial charge < -0.3 is 15.6 Å². The number of rotatable bonds is 5. The summed E-state index contributed by atoms with van der Waals surface area (Å²) in [5, 5.41) is 9.07. The van der Waals surface area contributed by atoms with Crippen LogP contribution in [0.5, 0.6) is 0 Å². The third-order valence-corrected chi connectivity index (χ3v) is 3.29. The highest BCUT2D eigenvalue weighted by atomic mass is 16.5. The molecule has 96 valence electrons. The van der Waals surface area contributed by atoms with E-state index in [0.29, 0.717) is 12.1 Å². The molecule has 3 atom stereocenters. The van der Waals surface area contributed by atoms with Crippen molar-refractivity contribution in [1.82, 2.24) is 4.90 Å². The molecule has 0 aromatic heterocycles. The van der Waals surface area contributed by atoms with E-state index in [1.54, 1.807) is 0 Å². The number of aliphatic hydroxyl groups is 1. The first-order valence-electron chi connectivity index (χ1n) is 6.20. The van der Waals surface area contributed by atoms with Crippen LogP contribution >= 0.6 is 0 Å². The summed E-state index contributed by atoms with van der Waals surface area (Å²) in [5.74, 6) is 0. The Bertz CT molecular complexity index is 209. The lowest BCUT2D eigenvalue weighted by molar-refractivity contribution is -0.0501. The monoisotopic (exact) mass is 230 g/mol. The van der Waals surface area contributed by atoms with Gasteiger partial charge in [0, 0.05) is 18.1 Å². The number of hydrogen-bond acceptors (Lipinski definition) is 4. The highest BCUT2D eigenvalue weighted by Gasteiger charge is 2.24. The summed E-state index contributed by atoms with van der Waals surface area (Å²) < 4.78 is 5.58. The van der Waals surface area contributed by atoms with Crippen LogP contribution in [0.2, 0.25) is 0 Å². The van der Waals surface area contributed by atoms with Gasteiger partial charge in [0.05, 0.1) is 19.3 Å². The SMILES string of the molecule is CC1CN(CCCC(C)(N)CO)C(C)CO1. The third-order valence-electron chi connectivity index (χ3n) is 3.29. The van der Waals surface area contributed by atoms with Gasteiger partial charge in [0.15, 0.2) is 0 Å². The van der Waals surface area contributed by atoms with Gasteiger partial charge in [-0.2, -0.15) is 0 Å². The molecule has 0 aromatic rings. The molecule has 3 unspecified atom stereocenters. The van der Waals surface area contributed by atoms with Crippen LogP contribution in [0.15, 0.2) is 0 Å². The van der Waals surface area contributed by atoms with Gasteiger partial charge in [-0.1, -0.05) is 0 Å². The molecular weight excluding hydrogens is 204 g/mol. The fourth-order valence-electron chi connectivity index (χ4n) is 2.05. The summed E-state index contributed by atoms with van der Waals surface area (Å²) in [6, 6.07) is 0.495. The molecule has 0 bridgehead atoms. The fourth-order valence-corrected chi connectivity index (χ4v) is 2.05. The lowest BCUT2D eigenvalue weighted by atomic mass is 9.98. The Morgan fingerprint density at radius 1 is 1.50 bits per heavy atom. The molecule has 0 radical (unpaired) electrons. The average molecular weight is 230 g/mol. The summed E-state index contributed by atoms with van der Waals surface area (Å²) in [5.41, 5.74) is 5.47. The van der Waals surface area contributed by atoms with Gasteiger partial charge in [-0.15, -0.1) is 0 Å². The third kappa shape index (κ3) is 4.37. The normalized spacial score (nSPS) is 31.3. The van der Waals surface area contributed by atoms with E-state index in [1.165, 1.54) is 0 Å². The van der Waals surface area contributed by atoms with Crippen molar-refractivity contribution < 1.29 is 9.84 Å². The van der Waals surface area contributed by atoms with Gasteiger partial charge in [-0.25, -0.2) is 0 Å². The molecule has 1 saturated heterocycles. The van der Waals surface area contributed by atoms with Crippen molar-refractivity contribution in [2.45, 2.75) is 51.3 Å². The molecule has 1 fully saturated rings. The zero-order valence-electron chi connectivity index (χ0n) is 10.8. The Kier molecular flexibility index (Phi) is 5.18. The molecule has 3 N–H and O–H groups in total. The van der Waals surface area contributed by atoms with Gasteiger partial charge in [-0.05, 0) is 40.2 Å².